The van der Waals surface area contributed by atoms with E-state index in [1.54, 1.807) is 30.3 Å². The van der Waals surface area contributed by atoms with E-state index in [2.05, 4.69) is 5.32 Å². The van der Waals surface area contributed by atoms with E-state index in [-0.39, 0.29) is 17.1 Å². The van der Waals surface area contributed by atoms with Crippen LogP contribution in [0, 0.1) is 5.82 Å². The molecule has 2 N–H and O–H groups in total. The minimum atomic E-state index is -1.01. The molecular formula is C28H23FN2O7S. The van der Waals surface area contributed by atoms with Crippen molar-refractivity contribution >= 4 is 46.5 Å². The molecule has 0 saturated carbocycles. The van der Waals surface area contributed by atoms with Gasteiger partial charge in [0.25, 0.3) is 11.1 Å². The third-order valence-corrected chi connectivity index (χ3v) is 6.37. The van der Waals surface area contributed by atoms with Crippen LogP contribution >= 0.6 is 11.8 Å². The van der Waals surface area contributed by atoms with Crippen molar-refractivity contribution in [1.82, 2.24) is 4.90 Å². The molecule has 3 aromatic rings. The lowest BCUT2D eigenvalue weighted by Crippen LogP contribution is -2.36. The van der Waals surface area contributed by atoms with E-state index in [1.807, 2.05) is 6.92 Å². The summed E-state index contributed by atoms with van der Waals surface area (Å²) >= 11 is 0.716. The van der Waals surface area contributed by atoms with Crippen molar-refractivity contribution in [2.75, 3.05) is 18.5 Å². The first-order chi connectivity index (χ1) is 18.7. The molecule has 39 heavy (non-hydrogen) atoms. The Morgan fingerprint density at radius 1 is 1.00 bits per heavy atom. The minimum absolute atomic E-state index is 0.143. The molecule has 0 aliphatic carbocycles. The zero-order valence-electron chi connectivity index (χ0n) is 20.7. The van der Waals surface area contributed by atoms with Gasteiger partial charge in [-0.3, -0.25) is 19.3 Å². The van der Waals surface area contributed by atoms with Gasteiger partial charge in [0.15, 0.2) is 11.5 Å². The van der Waals surface area contributed by atoms with Gasteiger partial charge in [-0.1, -0.05) is 18.2 Å². The Bertz CT molecular complexity index is 1440. The Morgan fingerprint density at radius 3 is 2.38 bits per heavy atom. The first-order valence-electron chi connectivity index (χ1n) is 11.8. The highest BCUT2D eigenvalue weighted by Crippen LogP contribution is 2.35. The smallest absolute Gasteiger partial charge is 0.335 e. The molecule has 1 aliphatic heterocycles. The molecule has 3 amide bonds. The van der Waals surface area contributed by atoms with Gasteiger partial charge in [-0.2, -0.15) is 0 Å². The second-order valence-corrected chi connectivity index (χ2v) is 9.25. The average molecular weight is 551 g/mol. The number of thioether (sulfide) groups is 1. The van der Waals surface area contributed by atoms with Gasteiger partial charge in [0.05, 0.1) is 17.1 Å². The maximum absolute atomic E-state index is 13.1. The third-order valence-electron chi connectivity index (χ3n) is 5.46. The molecule has 200 valence electrons. The van der Waals surface area contributed by atoms with E-state index in [9.17, 15) is 23.6 Å². The SMILES string of the molecule is CCOc1cc(/C=C2\SC(=O)N(CC(=O)Nc3ccc(F)cc3)C2=O)ccc1OCc1ccc(C(=O)O)cc1. The van der Waals surface area contributed by atoms with E-state index < -0.39 is 35.4 Å². The number of carboxylic acid groups (broad SMARTS) is 1. The Balaban J connectivity index is 1.43. The summed E-state index contributed by atoms with van der Waals surface area (Å²) in [4.78, 5) is 49.6. The van der Waals surface area contributed by atoms with E-state index in [0.717, 1.165) is 10.5 Å². The predicted molar refractivity (Wildman–Crippen MR) is 143 cm³/mol. The van der Waals surface area contributed by atoms with Crippen LogP contribution in [0.25, 0.3) is 6.08 Å². The Kier molecular flexibility index (Phi) is 8.62. The van der Waals surface area contributed by atoms with Crippen LogP contribution < -0.4 is 14.8 Å². The number of carboxylic acids is 1. The minimum Gasteiger partial charge on any atom is -0.490 e. The van der Waals surface area contributed by atoms with Gasteiger partial charge in [0, 0.05) is 5.69 Å². The van der Waals surface area contributed by atoms with Gasteiger partial charge in [0.2, 0.25) is 5.91 Å². The van der Waals surface area contributed by atoms with Crippen LogP contribution in [0.5, 0.6) is 11.5 Å². The maximum Gasteiger partial charge on any atom is 0.335 e. The molecule has 0 atom stereocenters. The van der Waals surface area contributed by atoms with Crippen molar-refractivity contribution in [3.05, 3.63) is 94.1 Å². The molecule has 9 nitrogen and oxygen atoms in total. The molecule has 4 rings (SSSR count). The molecule has 0 radical (unpaired) electrons. The third kappa shape index (κ3) is 7.02. The summed E-state index contributed by atoms with van der Waals surface area (Å²) in [5.41, 5.74) is 1.87. The number of benzene rings is 3. The number of carbonyl (C=O) groups is 4. The zero-order valence-corrected chi connectivity index (χ0v) is 21.5. The largest absolute Gasteiger partial charge is 0.490 e. The number of nitrogens with zero attached hydrogens (tertiary/aromatic N) is 1. The fraction of sp³-hybridized carbons (Fsp3) is 0.143. The molecular weight excluding hydrogens is 527 g/mol. The lowest BCUT2D eigenvalue weighted by atomic mass is 10.1. The Morgan fingerprint density at radius 2 is 1.72 bits per heavy atom. The quantitative estimate of drug-likeness (QED) is 0.331. The summed E-state index contributed by atoms with van der Waals surface area (Å²) in [7, 11) is 0. The first kappa shape index (κ1) is 27.4. The van der Waals surface area contributed by atoms with E-state index >= 15 is 0 Å². The Labute approximate surface area is 227 Å². The van der Waals surface area contributed by atoms with Crippen molar-refractivity contribution in [2.24, 2.45) is 0 Å². The molecule has 0 bridgehead atoms. The molecule has 3 aromatic carbocycles. The van der Waals surface area contributed by atoms with Crippen LogP contribution in [0.2, 0.25) is 0 Å². The number of ether oxygens (including phenoxy) is 2. The molecule has 1 saturated heterocycles. The van der Waals surface area contributed by atoms with E-state index in [0.29, 0.717) is 41.1 Å². The number of hydrogen-bond donors (Lipinski definition) is 2. The zero-order chi connectivity index (χ0) is 27.9. The molecule has 1 aliphatic rings. The monoisotopic (exact) mass is 550 g/mol. The van der Waals surface area contributed by atoms with E-state index in [4.69, 9.17) is 14.6 Å². The highest BCUT2D eigenvalue weighted by Gasteiger charge is 2.36. The van der Waals surface area contributed by atoms with E-state index in [1.165, 1.54) is 42.5 Å². The average Bonchev–Trinajstić information content (AvgIpc) is 3.17. The van der Waals surface area contributed by atoms with Crippen molar-refractivity contribution in [3.63, 3.8) is 0 Å². The fourth-order valence-electron chi connectivity index (χ4n) is 3.57. The number of anilines is 1. The number of aromatic carboxylic acids is 1. The van der Waals surface area contributed by atoms with Gasteiger partial charge in [-0.25, -0.2) is 9.18 Å². The molecule has 11 heteroatoms. The second-order valence-electron chi connectivity index (χ2n) is 8.25. The second kappa shape index (κ2) is 12.3. The highest BCUT2D eigenvalue weighted by atomic mass is 32.2. The number of halogens is 1. The molecule has 0 spiro atoms. The summed E-state index contributed by atoms with van der Waals surface area (Å²) in [5, 5.41) is 11.0. The number of hydrogen-bond acceptors (Lipinski definition) is 7. The molecule has 1 heterocycles. The maximum atomic E-state index is 13.1. The fourth-order valence-corrected chi connectivity index (χ4v) is 4.41. The van der Waals surface area contributed by atoms with Gasteiger partial charge in [0.1, 0.15) is 19.0 Å². The number of rotatable bonds is 10. The number of imide groups is 1. The lowest BCUT2D eigenvalue weighted by molar-refractivity contribution is -0.127. The topological polar surface area (TPSA) is 122 Å². The lowest BCUT2D eigenvalue weighted by Gasteiger charge is -2.13. The summed E-state index contributed by atoms with van der Waals surface area (Å²) < 4.78 is 24.6. The van der Waals surface area contributed by atoms with Crippen LogP contribution in [0.3, 0.4) is 0 Å². The summed E-state index contributed by atoms with van der Waals surface area (Å²) in [6, 6.07) is 16.5. The van der Waals surface area contributed by atoms with Gasteiger partial charge in [-0.15, -0.1) is 0 Å². The molecule has 1 fully saturated rings. The predicted octanol–water partition coefficient (Wildman–Crippen LogP) is 5.18. The van der Waals surface area contributed by atoms with Crippen molar-refractivity contribution in [2.45, 2.75) is 13.5 Å². The number of carbonyl (C=O) groups excluding carboxylic acids is 3. The van der Waals surface area contributed by atoms with Crippen LogP contribution in [0.4, 0.5) is 14.9 Å². The summed E-state index contributed by atoms with van der Waals surface area (Å²) in [6.07, 6.45) is 1.53. The van der Waals surface area contributed by atoms with Crippen LogP contribution in [0.1, 0.15) is 28.4 Å². The normalized spacial score (nSPS) is 14.0. The van der Waals surface area contributed by atoms with Crippen LogP contribution in [0.15, 0.2) is 71.6 Å². The van der Waals surface area contributed by atoms with Crippen molar-refractivity contribution < 1.29 is 38.1 Å². The molecule has 0 unspecified atom stereocenters. The Hall–Kier alpha value is -4.64. The standard InChI is InChI=1S/C28H23FN2O7S/c1-2-37-23-13-18(5-12-22(23)38-16-17-3-6-19(7-4-17)27(34)35)14-24-26(33)31(28(36)39-24)15-25(32)30-21-10-8-20(29)9-11-21/h3-14H,2,15-16H2,1H3,(H,30,32)(H,34,35)/b24-14-. The van der Waals surface area contributed by atoms with Gasteiger partial charge < -0.3 is 19.9 Å². The number of amides is 3. The van der Waals surface area contributed by atoms with Crippen molar-refractivity contribution in [1.29, 1.82) is 0 Å². The van der Waals surface area contributed by atoms with Gasteiger partial charge >= 0.3 is 5.97 Å². The van der Waals surface area contributed by atoms with Crippen LogP contribution in [-0.4, -0.2) is 46.2 Å². The van der Waals surface area contributed by atoms with Crippen molar-refractivity contribution in [3.8, 4) is 11.5 Å². The summed E-state index contributed by atoms with van der Waals surface area (Å²) in [6.45, 7) is 1.86. The van der Waals surface area contributed by atoms with Gasteiger partial charge in [-0.05, 0) is 84.4 Å². The molecule has 0 aromatic heterocycles. The summed E-state index contributed by atoms with van der Waals surface area (Å²) in [5.74, 6) is -1.80. The van der Waals surface area contributed by atoms with Crippen LogP contribution in [-0.2, 0) is 16.2 Å². The highest BCUT2D eigenvalue weighted by molar-refractivity contribution is 8.18. The number of nitrogens with one attached hydrogen (secondary N) is 1. The first-order valence-corrected chi connectivity index (χ1v) is 12.6.